The zero-order chi connectivity index (χ0) is 8.55. The molecule has 1 saturated carbocycles. The molecular weight excluding hydrogens is 263 g/mol. The first kappa shape index (κ1) is 8.51. The molecular formula is C10H10IO. The van der Waals surface area contributed by atoms with Crippen LogP contribution >= 0.6 is 22.6 Å². The maximum Gasteiger partial charge on any atom is 0.109 e. The zero-order valence-corrected chi connectivity index (χ0v) is 8.78. The van der Waals surface area contributed by atoms with Crippen molar-refractivity contribution in [1.29, 1.82) is 0 Å². The third-order valence-corrected chi connectivity index (χ3v) is 3.15. The maximum atomic E-state index is 8.99. The highest BCUT2D eigenvalue weighted by Gasteiger charge is 2.27. The van der Waals surface area contributed by atoms with Crippen LogP contribution in [0.2, 0.25) is 0 Å². The fraction of sp³-hybridized carbons (Fsp3) is 0.300. The van der Waals surface area contributed by atoms with Crippen LogP contribution in [0.25, 0.3) is 0 Å². The van der Waals surface area contributed by atoms with Gasteiger partial charge in [0, 0.05) is 3.57 Å². The summed E-state index contributed by atoms with van der Waals surface area (Å²) >= 11 is 2.33. The van der Waals surface area contributed by atoms with Gasteiger partial charge in [0.15, 0.2) is 0 Å². The van der Waals surface area contributed by atoms with Gasteiger partial charge < -0.3 is 5.11 Å². The van der Waals surface area contributed by atoms with Crippen LogP contribution in [0, 0.1) is 10.2 Å². The van der Waals surface area contributed by atoms with Gasteiger partial charge in [-0.1, -0.05) is 12.1 Å². The van der Waals surface area contributed by atoms with Crippen molar-refractivity contribution < 1.29 is 5.11 Å². The van der Waals surface area contributed by atoms with E-state index in [1.165, 1.54) is 28.6 Å². The second-order valence-corrected chi connectivity index (χ2v) is 4.31. The Labute approximate surface area is 85.9 Å². The molecule has 0 atom stereocenters. The van der Waals surface area contributed by atoms with Crippen molar-refractivity contribution in [2.45, 2.75) is 18.8 Å². The Balaban J connectivity index is 2.45. The standard InChI is InChI=1S/C10H10IO/c11-9-3-1-2-8(6-12)10(9)7-4-5-7/h1-3,6-7,12H,4-5H2. The maximum absolute atomic E-state index is 8.99. The number of benzene rings is 1. The molecule has 1 aromatic carbocycles. The summed E-state index contributed by atoms with van der Waals surface area (Å²) in [5.41, 5.74) is 2.32. The van der Waals surface area contributed by atoms with Crippen LogP contribution in [0.1, 0.15) is 29.9 Å². The summed E-state index contributed by atoms with van der Waals surface area (Å²) in [4.78, 5) is 0. The summed E-state index contributed by atoms with van der Waals surface area (Å²) in [6, 6.07) is 6.05. The smallest absolute Gasteiger partial charge is 0.109 e. The largest absolute Gasteiger partial charge is 0.385 e. The van der Waals surface area contributed by atoms with E-state index in [2.05, 4.69) is 28.7 Å². The first-order valence-electron chi connectivity index (χ1n) is 4.09. The zero-order valence-electron chi connectivity index (χ0n) is 6.63. The fourth-order valence-electron chi connectivity index (χ4n) is 1.47. The fourth-order valence-corrected chi connectivity index (χ4v) is 2.43. The summed E-state index contributed by atoms with van der Waals surface area (Å²) in [6.07, 6.45) is 2.56. The van der Waals surface area contributed by atoms with E-state index in [0.717, 1.165) is 5.56 Å². The highest BCUT2D eigenvalue weighted by molar-refractivity contribution is 14.1. The Morgan fingerprint density at radius 1 is 1.42 bits per heavy atom. The Morgan fingerprint density at radius 3 is 2.75 bits per heavy atom. The monoisotopic (exact) mass is 273 g/mol. The van der Waals surface area contributed by atoms with Crippen molar-refractivity contribution >= 4 is 22.6 Å². The van der Waals surface area contributed by atoms with E-state index in [4.69, 9.17) is 5.11 Å². The highest BCUT2D eigenvalue weighted by atomic mass is 127. The Morgan fingerprint density at radius 2 is 2.17 bits per heavy atom. The first-order chi connectivity index (χ1) is 5.83. The molecule has 1 aliphatic carbocycles. The van der Waals surface area contributed by atoms with Crippen LogP contribution in [0.15, 0.2) is 18.2 Å². The van der Waals surface area contributed by atoms with Crippen LogP contribution in [-0.4, -0.2) is 5.11 Å². The number of hydrogen-bond donors (Lipinski definition) is 1. The van der Waals surface area contributed by atoms with Gasteiger partial charge in [-0.05, 0) is 58.5 Å². The number of aliphatic hydroxyl groups is 1. The average Bonchev–Trinajstić information content (AvgIpc) is 2.87. The molecule has 1 radical (unpaired) electrons. The minimum Gasteiger partial charge on any atom is -0.385 e. The second kappa shape index (κ2) is 3.34. The molecule has 1 fully saturated rings. The lowest BCUT2D eigenvalue weighted by molar-refractivity contribution is 0.413. The number of hydrogen-bond acceptors (Lipinski definition) is 1. The molecule has 0 aromatic heterocycles. The van der Waals surface area contributed by atoms with E-state index in [-0.39, 0.29) is 0 Å². The van der Waals surface area contributed by atoms with E-state index >= 15 is 0 Å². The van der Waals surface area contributed by atoms with Crippen LogP contribution in [0.3, 0.4) is 0 Å². The summed E-state index contributed by atoms with van der Waals surface area (Å²) in [5.74, 6) is 0.705. The van der Waals surface area contributed by atoms with Gasteiger partial charge >= 0.3 is 0 Å². The van der Waals surface area contributed by atoms with Gasteiger partial charge in [-0.15, -0.1) is 0 Å². The molecule has 0 amide bonds. The number of halogens is 1. The van der Waals surface area contributed by atoms with Gasteiger partial charge in [0.25, 0.3) is 0 Å². The summed E-state index contributed by atoms with van der Waals surface area (Å²) in [5, 5.41) is 8.99. The lowest BCUT2D eigenvalue weighted by Gasteiger charge is -2.07. The summed E-state index contributed by atoms with van der Waals surface area (Å²) in [7, 11) is 0. The van der Waals surface area contributed by atoms with Crippen molar-refractivity contribution in [3.8, 4) is 0 Å². The van der Waals surface area contributed by atoms with Crippen LogP contribution in [0.5, 0.6) is 0 Å². The molecule has 0 bridgehead atoms. The Kier molecular flexibility index (Phi) is 2.37. The van der Waals surface area contributed by atoms with E-state index in [0.29, 0.717) is 5.92 Å². The quantitative estimate of drug-likeness (QED) is 0.821. The molecule has 1 nitrogen and oxygen atoms in total. The van der Waals surface area contributed by atoms with Crippen molar-refractivity contribution in [3.05, 3.63) is 39.5 Å². The molecule has 1 aliphatic rings. The molecule has 0 unspecified atom stereocenters. The number of aliphatic hydroxyl groups excluding tert-OH is 1. The summed E-state index contributed by atoms with van der Waals surface area (Å²) in [6.45, 7) is 1.22. The third-order valence-electron chi connectivity index (χ3n) is 2.21. The van der Waals surface area contributed by atoms with E-state index < -0.39 is 0 Å². The van der Waals surface area contributed by atoms with Crippen molar-refractivity contribution in [3.63, 3.8) is 0 Å². The van der Waals surface area contributed by atoms with Crippen molar-refractivity contribution in [1.82, 2.24) is 0 Å². The van der Waals surface area contributed by atoms with Gasteiger partial charge in [0.2, 0.25) is 0 Å². The lowest BCUT2D eigenvalue weighted by atomic mass is 10.0. The minimum absolute atomic E-state index is 0.705. The van der Waals surface area contributed by atoms with E-state index in [1.807, 2.05) is 12.1 Å². The summed E-state index contributed by atoms with van der Waals surface area (Å²) < 4.78 is 1.28. The normalized spacial score (nSPS) is 16.5. The van der Waals surface area contributed by atoms with E-state index in [1.54, 1.807) is 0 Å². The predicted molar refractivity (Wildman–Crippen MR) is 56.5 cm³/mol. The SMILES string of the molecule is O[CH]c1cccc(I)c1C1CC1. The van der Waals surface area contributed by atoms with Crippen LogP contribution in [-0.2, 0) is 0 Å². The molecule has 63 valence electrons. The molecule has 0 saturated heterocycles. The average molecular weight is 273 g/mol. The van der Waals surface area contributed by atoms with E-state index in [9.17, 15) is 0 Å². The molecule has 0 heterocycles. The van der Waals surface area contributed by atoms with Gasteiger partial charge in [-0.3, -0.25) is 0 Å². The molecule has 0 spiro atoms. The minimum atomic E-state index is 0.705. The van der Waals surface area contributed by atoms with Gasteiger partial charge in [0.05, 0.1) is 0 Å². The molecule has 2 heteroatoms. The molecule has 1 N–H and O–H groups in total. The Hall–Kier alpha value is -0.0900. The second-order valence-electron chi connectivity index (χ2n) is 3.15. The van der Waals surface area contributed by atoms with Crippen molar-refractivity contribution in [2.75, 3.05) is 0 Å². The Bertz CT molecular complexity index is 292. The lowest BCUT2D eigenvalue weighted by Crippen LogP contribution is -1.93. The van der Waals surface area contributed by atoms with Crippen LogP contribution in [0.4, 0.5) is 0 Å². The topological polar surface area (TPSA) is 20.2 Å². The first-order valence-corrected chi connectivity index (χ1v) is 5.16. The van der Waals surface area contributed by atoms with Gasteiger partial charge in [-0.2, -0.15) is 0 Å². The van der Waals surface area contributed by atoms with Crippen molar-refractivity contribution in [2.24, 2.45) is 0 Å². The van der Waals surface area contributed by atoms with Gasteiger partial charge in [-0.25, -0.2) is 0 Å². The molecule has 0 aliphatic heterocycles. The van der Waals surface area contributed by atoms with Crippen LogP contribution < -0.4 is 0 Å². The molecule has 12 heavy (non-hydrogen) atoms. The molecule has 1 aromatic rings. The molecule has 2 rings (SSSR count). The van der Waals surface area contributed by atoms with Gasteiger partial charge in [0.1, 0.15) is 6.61 Å². The predicted octanol–water partition coefficient (Wildman–Crippen LogP) is 3.05. The third kappa shape index (κ3) is 1.50. The number of rotatable bonds is 2. The highest BCUT2D eigenvalue weighted by Crippen LogP contribution is 2.43.